The second kappa shape index (κ2) is 8.90. The Kier molecular flexibility index (Phi) is 7.54. The highest BCUT2D eigenvalue weighted by molar-refractivity contribution is 5.86. The van der Waals surface area contributed by atoms with E-state index in [9.17, 15) is 14.7 Å². The van der Waals surface area contributed by atoms with E-state index in [1.807, 2.05) is 0 Å². The molecule has 0 saturated heterocycles. The van der Waals surface area contributed by atoms with Crippen LogP contribution in [0.4, 0.5) is 4.79 Å². The van der Waals surface area contributed by atoms with Crippen molar-refractivity contribution >= 4 is 12.0 Å². The summed E-state index contributed by atoms with van der Waals surface area (Å²) < 4.78 is 0. The molecule has 0 spiro atoms. The van der Waals surface area contributed by atoms with Crippen LogP contribution in [0.5, 0.6) is 0 Å². The van der Waals surface area contributed by atoms with Gasteiger partial charge in [0.15, 0.2) is 0 Å². The number of carboxylic acid groups (broad SMARTS) is 1. The molecule has 0 aliphatic heterocycles. The first-order valence-electron chi connectivity index (χ1n) is 8.36. The summed E-state index contributed by atoms with van der Waals surface area (Å²) in [6.45, 7) is 4.23. The zero-order valence-corrected chi connectivity index (χ0v) is 13.4. The van der Waals surface area contributed by atoms with Gasteiger partial charge in [0.1, 0.15) is 5.54 Å². The number of carboxylic acids is 1. The maximum absolute atomic E-state index is 12.2. The minimum Gasteiger partial charge on any atom is -0.480 e. The van der Waals surface area contributed by atoms with Gasteiger partial charge in [0.2, 0.25) is 0 Å². The summed E-state index contributed by atoms with van der Waals surface area (Å²) in [5.41, 5.74) is -1.07. The molecule has 5 nitrogen and oxygen atoms in total. The molecule has 1 rings (SSSR count). The summed E-state index contributed by atoms with van der Waals surface area (Å²) in [5, 5.41) is 15.2. The number of amides is 2. The molecule has 1 unspecified atom stereocenters. The zero-order valence-electron chi connectivity index (χ0n) is 13.4. The lowest BCUT2D eigenvalue weighted by Crippen LogP contribution is -2.59. The van der Waals surface area contributed by atoms with Crippen LogP contribution in [-0.2, 0) is 4.79 Å². The van der Waals surface area contributed by atoms with Gasteiger partial charge in [0.05, 0.1) is 0 Å². The third-order valence-electron chi connectivity index (χ3n) is 4.35. The van der Waals surface area contributed by atoms with Crippen molar-refractivity contribution in [2.24, 2.45) is 0 Å². The number of hydrogen-bond acceptors (Lipinski definition) is 2. The van der Waals surface area contributed by atoms with Crippen molar-refractivity contribution in [3.8, 4) is 0 Å². The molecule has 1 atom stereocenters. The monoisotopic (exact) mass is 298 g/mol. The molecule has 0 heterocycles. The number of carbonyl (C=O) groups excluding carboxylic acids is 1. The summed E-state index contributed by atoms with van der Waals surface area (Å²) in [5.74, 6) is -0.905. The number of nitrogens with one attached hydrogen (secondary N) is 2. The van der Waals surface area contributed by atoms with Crippen molar-refractivity contribution < 1.29 is 14.7 Å². The van der Waals surface area contributed by atoms with Crippen LogP contribution in [0.2, 0.25) is 0 Å². The van der Waals surface area contributed by atoms with Crippen LogP contribution >= 0.6 is 0 Å². The van der Waals surface area contributed by atoms with Gasteiger partial charge in [0, 0.05) is 6.04 Å². The van der Waals surface area contributed by atoms with Crippen LogP contribution in [0.1, 0.15) is 78.1 Å². The minimum atomic E-state index is -1.07. The summed E-state index contributed by atoms with van der Waals surface area (Å²) in [6, 6.07) is -0.182. The quantitative estimate of drug-likeness (QED) is 0.642. The van der Waals surface area contributed by atoms with Gasteiger partial charge in [-0.2, -0.15) is 0 Å². The van der Waals surface area contributed by atoms with E-state index >= 15 is 0 Å². The lowest BCUT2D eigenvalue weighted by atomic mass is 9.82. The molecule has 1 aliphatic carbocycles. The Morgan fingerprint density at radius 2 is 1.76 bits per heavy atom. The van der Waals surface area contributed by atoms with Crippen molar-refractivity contribution in [1.29, 1.82) is 0 Å². The van der Waals surface area contributed by atoms with E-state index in [4.69, 9.17) is 0 Å². The summed E-state index contributed by atoms with van der Waals surface area (Å²) >= 11 is 0. The molecule has 21 heavy (non-hydrogen) atoms. The standard InChI is InChI=1S/C16H30N2O3/c1-3-5-10-13(9-4-2)17-15(21)18-16(14(19)20)11-7-6-8-12-16/h13H,3-12H2,1-2H3,(H,19,20)(H2,17,18,21). The SMILES string of the molecule is CCCCC(CCC)NC(=O)NC1(C(=O)O)CCCCC1. The van der Waals surface area contributed by atoms with E-state index in [-0.39, 0.29) is 12.1 Å². The van der Waals surface area contributed by atoms with E-state index < -0.39 is 11.5 Å². The second-order valence-corrected chi connectivity index (χ2v) is 6.17. The average molecular weight is 298 g/mol. The second-order valence-electron chi connectivity index (χ2n) is 6.17. The van der Waals surface area contributed by atoms with Gasteiger partial charge >= 0.3 is 12.0 Å². The maximum atomic E-state index is 12.2. The van der Waals surface area contributed by atoms with Crippen LogP contribution < -0.4 is 10.6 Å². The Morgan fingerprint density at radius 3 is 2.29 bits per heavy atom. The summed E-state index contributed by atoms with van der Waals surface area (Å²) in [7, 11) is 0. The van der Waals surface area contributed by atoms with E-state index in [1.54, 1.807) is 0 Å². The molecule has 0 aromatic carbocycles. The van der Waals surface area contributed by atoms with Crippen molar-refractivity contribution in [2.45, 2.75) is 89.6 Å². The van der Waals surface area contributed by atoms with Crippen LogP contribution in [0, 0.1) is 0 Å². The largest absolute Gasteiger partial charge is 0.480 e. The number of hydrogen-bond donors (Lipinski definition) is 3. The van der Waals surface area contributed by atoms with Crippen LogP contribution in [-0.4, -0.2) is 28.7 Å². The normalized spacial score (nSPS) is 18.8. The molecule has 0 bridgehead atoms. The topological polar surface area (TPSA) is 78.4 Å². The average Bonchev–Trinajstić information content (AvgIpc) is 2.45. The molecule has 1 aliphatic rings. The van der Waals surface area contributed by atoms with Crippen molar-refractivity contribution in [3.05, 3.63) is 0 Å². The number of urea groups is 1. The van der Waals surface area contributed by atoms with Crippen LogP contribution in [0.25, 0.3) is 0 Å². The van der Waals surface area contributed by atoms with Crippen LogP contribution in [0.3, 0.4) is 0 Å². The lowest BCUT2D eigenvalue weighted by Gasteiger charge is -2.34. The van der Waals surface area contributed by atoms with Crippen LogP contribution in [0.15, 0.2) is 0 Å². The van der Waals surface area contributed by atoms with E-state index in [1.165, 1.54) is 0 Å². The van der Waals surface area contributed by atoms with Gasteiger partial charge in [-0.3, -0.25) is 0 Å². The highest BCUT2D eigenvalue weighted by Gasteiger charge is 2.41. The summed E-state index contributed by atoms with van der Waals surface area (Å²) in [4.78, 5) is 23.7. The molecule has 0 aromatic heterocycles. The molecule has 1 saturated carbocycles. The summed E-state index contributed by atoms with van der Waals surface area (Å²) in [6.07, 6.45) is 8.92. The number of rotatable bonds is 8. The predicted octanol–water partition coefficient (Wildman–Crippen LogP) is 3.43. The van der Waals surface area contributed by atoms with Gasteiger partial charge in [0.25, 0.3) is 0 Å². The molecule has 0 aromatic rings. The van der Waals surface area contributed by atoms with Gasteiger partial charge in [-0.1, -0.05) is 52.4 Å². The molecule has 5 heteroatoms. The minimum absolute atomic E-state index is 0.143. The van der Waals surface area contributed by atoms with E-state index in [0.717, 1.165) is 51.4 Å². The Bertz CT molecular complexity index is 338. The fraction of sp³-hybridized carbons (Fsp3) is 0.875. The first kappa shape index (κ1) is 17.8. The fourth-order valence-electron chi connectivity index (χ4n) is 3.07. The Balaban J connectivity index is 2.57. The highest BCUT2D eigenvalue weighted by Crippen LogP contribution is 2.28. The maximum Gasteiger partial charge on any atom is 0.329 e. The van der Waals surface area contributed by atoms with Crippen molar-refractivity contribution in [3.63, 3.8) is 0 Å². The Labute approximate surface area is 127 Å². The number of carbonyl (C=O) groups is 2. The van der Waals surface area contributed by atoms with Crippen molar-refractivity contribution in [1.82, 2.24) is 10.6 Å². The molecule has 122 valence electrons. The van der Waals surface area contributed by atoms with Gasteiger partial charge in [-0.15, -0.1) is 0 Å². The predicted molar refractivity (Wildman–Crippen MR) is 83.3 cm³/mol. The molecule has 3 N–H and O–H groups in total. The smallest absolute Gasteiger partial charge is 0.329 e. The molecule has 2 amide bonds. The lowest BCUT2D eigenvalue weighted by molar-refractivity contribution is -0.145. The van der Waals surface area contributed by atoms with E-state index in [0.29, 0.717) is 12.8 Å². The molecule has 1 fully saturated rings. The van der Waals surface area contributed by atoms with Gasteiger partial charge in [-0.05, 0) is 25.7 Å². The number of aliphatic carboxylic acids is 1. The molecular weight excluding hydrogens is 268 g/mol. The third-order valence-corrected chi connectivity index (χ3v) is 4.35. The van der Waals surface area contributed by atoms with Gasteiger partial charge in [-0.25, -0.2) is 9.59 Å². The fourth-order valence-corrected chi connectivity index (χ4v) is 3.07. The Morgan fingerprint density at radius 1 is 1.10 bits per heavy atom. The van der Waals surface area contributed by atoms with Crippen molar-refractivity contribution in [2.75, 3.05) is 0 Å². The third kappa shape index (κ3) is 5.56. The van der Waals surface area contributed by atoms with Gasteiger partial charge < -0.3 is 15.7 Å². The Hall–Kier alpha value is -1.26. The number of unbranched alkanes of at least 4 members (excludes halogenated alkanes) is 1. The van der Waals surface area contributed by atoms with E-state index in [2.05, 4.69) is 24.5 Å². The highest BCUT2D eigenvalue weighted by atomic mass is 16.4. The molecule has 0 radical (unpaired) electrons. The zero-order chi connectivity index (χ0) is 15.7. The molecular formula is C16H30N2O3. The first-order valence-corrected chi connectivity index (χ1v) is 8.36. The first-order chi connectivity index (χ1) is 10.0.